The van der Waals surface area contributed by atoms with Crippen LogP contribution in [0.2, 0.25) is 0 Å². The first-order valence-corrected chi connectivity index (χ1v) is 10.7. The van der Waals surface area contributed by atoms with E-state index in [1.807, 2.05) is 13.0 Å². The summed E-state index contributed by atoms with van der Waals surface area (Å²) in [6.07, 6.45) is -0.423. The number of aliphatic hydroxyl groups is 1. The quantitative estimate of drug-likeness (QED) is 0.476. The molecule has 7 nitrogen and oxygen atoms in total. The number of halogens is 3. The number of alkyl halides is 3. The highest BCUT2D eigenvalue weighted by Crippen LogP contribution is 2.39. The molecule has 4 rings (SSSR count). The monoisotopic (exact) mass is 472 g/mol. The minimum absolute atomic E-state index is 0.0199. The number of carbonyl (C=O) groups is 1. The number of aliphatic carboxylic acids is 1. The average Bonchev–Trinajstić information content (AvgIpc) is 2.79. The average molecular weight is 472 g/mol. The molecule has 1 aliphatic rings. The lowest BCUT2D eigenvalue weighted by Crippen LogP contribution is -2.34. The molecule has 0 bridgehead atoms. The Hall–Kier alpha value is -3.53. The zero-order valence-electron chi connectivity index (χ0n) is 18.3. The second-order valence-electron chi connectivity index (χ2n) is 8.54. The van der Waals surface area contributed by atoms with Crippen molar-refractivity contribution in [3.63, 3.8) is 0 Å². The minimum atomic E-state index is -4.48. The standard InChI is InChI=1S/C24H23F3N4O3/c1-14-10-18(30-21(11-14)31-20-12-17(6-9-28-20)24(25,26)27)16-2-3-19(29-13-16)23(34)7-4-15(5-8-23)22(32)33/h2-3,6,9-13,15,34H,4-5,7-8H2,1H3,(H,32,33)(H,28,30,31)/t15-,23+. The van der Waals surface area contributed by atoms with Gasteiger partial charge in [-0.15, -0.1) is 0 Å². The number of nitrogens with zero attached hydrogens (tertiary/aromatic N) is 3. The van der Waals surface area contributed by atoms with Crippen molar-refractivity contribution < 1.29 is 28.2 Å². The number of carboxylic acids is 1. The summed E-state index contributed by atoms with van der Waals surface area (Å²) >= 11 is 0. The molecule has 3 aromatic rings. The second kappa shape index (κ2) is 9.02. The molecule has 0 unspecified atom stereocenters. The molecule has 1 fully saturated rings. The van der Waals surface area contributed by atoms with Crippen LogP contribution in [-0.2, 0) is 16.6 Å². The maximum absolute atomic E-state index is 13.0. The first-order valence-electron chi connectivity index (χ1n) is 10.7. The van der Waals surface area contributed by atoms with Crippen molar-refractivity contribution in [1.82, 2.24) is 15.0 Å². The number of anilines is 2. The van der Waals surface area contributed by atoms with E-state index in [9.17, 15) is 23.1 Å². The van der Waals surface area contributed by atoms with Crippen molar-refractivity contribution in [3.05, 3.63) is 65.6 Å². The van der Waals surface area contributed by atoms with E-state index >= 15 is 0 Å². The predicted molar refractivity (Wildman–Crippen MR) is 118 cm³/mol. The number of nitrogens with one attached hydrogen (secondary N) is 1. The molecule has 34 heavy (non-hydrogen) atoms. The maximum Gasteiger partial charge on any atom is 0.416 e. The summed E-state index contributed by atoms with van der Waals surface area (Å²) in [5, 5.41) is 23.0. The molecule has 10 heteroatoms. The van der Waals surface area contributed by atoms with Crippen LogP contribution < -0.4 is 5.32 Å². The van der Waals surface area contributed by atoms with Crippen LogP contribution in [0.3, 0.4) is 0 Å². The van der Waals surface area contributed by atoms with Crippen molar-refractivity contribution in [2.75, 3.05) is 5.32 Å². The third-order valence-corrected chi connectivity index (χ3v) is 6.01. The fourth-order valence-electron chi connectivity index (χ4n) is 4.10. The first-order chi connectivity index (χ1) is 16.0. The molecule has 0 aliphatic heterocycles. The predicted octanol–water partition coefficient (Wildman–Crippen LogP) is 5.07. The Balaban J connectivity index is 1.54. The van der Waals surface area contributed by atoms with Crippen LogP contribution in [-0.4, -0.2) is 31.1 Å². The number of aryl methyl sites for hydroxylation is 1. The van der Waals surface area contributed by atoms with Gasteiger partial charge >= 0.3 is 12.1 Å². The Labute approximate surface area is 193 Å². The molecule has 3 aromatic heterocycles. The molecule has 3 N–H and O–H groups in total. The molecule has 0 amide bonds. The van der Waals surface area contributed by atoms with Gasteiger partial charge in [-0.25, -0.2) is 9.97 Å². The van der Waals surface area contributed by atoms with Gasteiger partial charge in [0.1, 0.15) is 17.2 Å². The third kappa shape index (κ3) is 5.17. The fraction of sp³-hybridized carbons (Fsp3) is 0.333. The van der Waals surface area contributed by atoms with E-state index in [0.717, 1.165) is 23.9 Å². The van der Waals surface area contributed by atoms with E-state index in [1.54, 1.807) is 24.4 Å². The lowest BCUT2D eigenvalue weighted by Gasteiger charge is -2.34. The molecular formula is C24H23F3N4O3. The van der Waals surface area contributed by atoms with Crippen LogP contribution in [0.25, 0.3) is 11.3 Å². The normalized spacial score (nSPS) is 20.7. The zero-order valence-corrected chi connectivity index (χ0v) is 18.3. The molecule has 0 aromatic carbocycles. The van der Waals surface area contributed by atoms with E-state index in [1.165, 1.54) is 0 Å². The Morgan fingerprint density at radius 2 is 1.82 bits per heavy atom. The van der Waals surface area contributed by atoms with Crippen LogP contribution in [0, 0.1) is 12.8 Å². The molecule has 0 saturated heterocycles. The van der Waals surface area contributed by atoms with Gasteiger partial charge in [-0.2, -0.15) is 13.2 Å². The number of hydrogen-bond donors (Lipinski definition) is 3. The lowest BCUT2D eigenvalue weighted by atomic mass is 9.77. The third-order valence-electron chi connectivity index (χ3n) is 6.01. The van der Waals surface area contributed by atoms with Gasteiger partial charge in [0.15, 0.2) is 0 Å². The van der Waals surface area contributed by atoms with Crippen LogP contribution in [0.15, 0.2) is 48.8 Å². The molecule has 1 saturated carbocycles. The van der Waals surface area contributed by atoms with Gasteiger partial charge in [0, 0.05) is 18.0 Å². The summed E-state index contributed by atoms with van der Waals surface area (Å²) in [5.41, 5.74) is 0.527. The Morgan fingerprint density at radius 3 is 2.44 bits per heavy atom. The van der Waals surface area contributed by atoms with E-state index in [2.05, 4.69) is 20.3 Å². The number of aromatic nitrogens is 3. The van der Waals surface area contributed by atoms with Crippen molar-refractivity contribution in [3.8, 4) is 11.3 Å². The highest BCUT2D eigenvalue weighted by Gasteiger charge is 2.38. The number of hydrogen-bond acceptors (Lipinski definition) is 6. The van der Waals surface area contributed by atoms with Crippen LogP contribution in [0.1, 0.15) is 42.5 Å². The molecule has 3 heterocycles. The van der Waals surface area contributed by atoms with Crippen LogP contribution in [0.4, 0.5) is 24.8 Å². The van der Waals surface area contributed by atoms with E-state index in [-0.39, 0.29) is 5.82 Å². The van der Waals surface area contributed by atoms with Crippen molar-refractivity contribution in [2.45, 2.75) is 44.4 Å². The van der Waals surface area contributed by atoms with Crippen molar-refractivity contribution >= 4 is 17.6 Å². The summed E-state index contributed by atoms with van der Waals surface area (Å²) in [6.45, 7) is 1.83. The van der Waals surface area contributed by atoms with Gasteiger partial charge in [-0.3, -0.25) is 9.78 Å². The lowest BCUT2D eigenvalue weighted by molar-refractivity contribution is -0.145. The van der Waals surface area contributed by atoms with Crippen molar-refractivity contribution in [1.29, 1.82) is 0 Å². The zero-order chi connectivity index (χ0) is 24.5. The van der Waals surface area contributed by atoms with Crippen LogP contribution in [0.5, 0.6) is 0 Å². The molecule has 0 atom stereocenters. The van der Waals surface area contributed by atoms with Crippen LogP contribution >= 0.6 is 0 Å². The molecule has 0 radical (unpaired) electrons. The summed E-state index contributed by atoms with van der Waals surface area (Å²) in [4.78, 5) is 24.0. The fourth-order valence-corrected chi connectivity index (χ4v) is 4.10. The summed E-state index contributed by atoms with van der Waals surface area (Å²) in [7, 11) is 0. The van der Waals surface area contributed by atoms with Gasteiger partial charge < -0.3 is 15.5 Å². The summed E-state index contributed by atoms with van der Waals surface area (Å²) in [6, 6.07) is 8.78. The van der Waals surface area contributed by atoms with E-state index < -0.39 is 29.2 Å². The van der Waals surface area contributed by atoms with Gasteiger partial charge in [-0.05, 0) is 74.6 Å². The Kier molecular flexibility index (Phi) is 6.26. The highest BCUT2D eigenvalue weighted by molar-refractivity contribution is 5.70. The highest BCUT2D eigenvalue weighted by atomic mass is 19.4. The van der Waals surface area contributed by atoms with E-state index in [4.69, 9.17) is 5.11 Å². The number of carboxylic acid groups (broad SMARTS) is 1. The van der Waals surface area contributed by atoms with Gasteiger partial charge in [0.05, 0.1) is 22.9 Å². The molecule has 178 valence electrons. The Bertz CT molecular complexity index is 1190. The summed E-state index contributed by atoms with van der Waals surface area (Å²) in [5.74, 6) is -0.947. The SMILES string of the molecule is Cc1cc(Nc2cc(C(F)(F)F)ccn2)nc(-c2ccc([C@]3(O)CC[C@@H](C(=O)O)CC3)nc2)c1. The summed E-state index contributed by atoms with van der Waals surface area (Å²) < 4.78 is 38.9. The molecular weight excluding hydrogens is 449 g/mol. The topological polar surface area (TPSA) is 108 Å². The second-order valence-corrected chi connectivity index (χ2v) is 8.54. The van der Waals surface area contributed by atoms with Crippen molar-refractivity contribution in [2.24, 2.45) is 5.92 Å². The largest absolute Gasteiger partial charge is 0.481 e. The molecule has 1 aliphatic carbocycles. The smallest absolute Gasteiger partial charge is 0.416 e. The molecule has 0 spiro atoms. The number of pyridine rings is 3. The first kappa shape index (κ1) is 23.6. The maximum atomic E-state index is 13.0. The Morgan fingerprint density at radius 1 is 1.09 bits per heavy atom. The van der Waals surface area contributed by atoms with Gasteiger partial charge in [0.25, 0.3) is 0 Å². The minimum Gasteiger partial charge on any atom is -0.481 e. The van der Waals surface area contributed by atoms with E-state index in [0.29, 0.717) is 48.5 Å². The van der Waals surface area contributed by atoms with Gasteiger partial charge in [-0.1, -0.05) is 0 Å². The number of rotatable bonds is 5. The van der Waals surface area contributed by atoms with Gasteiger partial charge in [0.2, 0.25) is 0 Å².